The van der Waals surface area contributed by atoms with E-state index < -0.39 is 0 Å². The normalized spacial score (nSPS) is 12.8. The highest BCUT2D eigenvalue weighted by atomic mass is 79.9. The van der Waals surface area contributed by atoms with Crippen molar-refractivity contribution in [1.29, 1.82) is 0 Å². The molecule has 0 unspecified atom stereocenters. The van der Waals surface area contributed by atoms with Crippen molar-refractivity contribution in [3.8, 4) is 0 Å². The van der Waals surface area contributed by atoms with Crippen LogP contribution in [0.4, 0.5) is 0 Å². The van der Waals surface area contributed by atoms with Crippen molar-refractivity contribution in [2.24, 2.45) is 0 Å². The molecule has 0 aromatic carbocycles. The molecule has 0 bridgehead atoms. The lowest BCUT2D eigenvalue weighted by molar-refractivity contribution is 1.74. The van der Waals surface area contributed by atoms with E-state index in [0.29, 0.717) is 0 Å². The number of allylic oxidation sites excluding steroid dienone is 1. The maximum absolute atomic E-state index is 3.27. The van der Waals surface area contributed by atoms with Gasteiger partial charge in [-0.05, 0) is 11.4 Å². The van der Waals surface area contributed by atoms with Crippen LogP contribution in [0.1, 0.15) is 6.92 Å². The summed E-state index contributed by atoms with van der Waals surface area (Å²) >= 11 is 3.27. The Balaban J connectivity index is 3.14. The van der Waals surface area contributed by atoms with Crippen LogP contribution in [-0.2, 0) is 0 Å². The molecule has 0 aromatic heterocycles. The fourth-order valence-electron chi connectivity index (χ4n) is 0. The standard InChI is InChI=1S/C3H7BrSi/c1-3(4)2-5/h2H,1,5H3. The van der Waals surface area contributed by atoms with Crippen molar-refractivity contribution in [3.63, 3.8) is 0 Å². The first-order valence-corrected chi connectivity index (χ1v) is 3.50. The smallest absolute Gasteiger partial charge is 0.0301 e. The molecular formula is C3H7BrSi. The Morgan fingerprint density at radius 1 is 2.00 bits per heavy atom. The Labute approximate surface area is 43.8 Å². The summed E-state index contributed by atoms with van der Waals surface area (Å²) in [6.45, 7) is 2.03. The predicted molar refractivity (Wildman–Crippen MR) is 32.6 cm³/mol. The first-order chi connectivity index (χ1) is 2.27. The molecule has 0 N–H and O–H groups in total. The monoisotopic (exact) mass is 150 g/mol. The highest BCUT2D eigenvalue weighted by molar-refractivity contribution is 9.11. The second-order valence-corrected chi connectivity index (χ2v) is 2.70. The lowest BCUT2D eigenvalue weighted by Crippen LogP contribution is -1.51. The van der Waals surface area contributed by atoms with E-state index in [1.54, 1.807) is 0 Å². The molecular weight excluding hydrogens is 144 g/mol. The number of halogens is 1. The maximum Gasteiger partial charge on any atom is 0.0301 e. The zero-order chi connectivity index (χ0) is 4.28. The average molecular weight is 151 g/mol. The van der Waals surface area contributed by atoms with E-state index in [9.17, 15) is 0 Å². The summed E-state index contributed by atoms with van der Waals surface area (Å²) in [4.78, 5) is 0. The van der Waals surface area contributed by atoms with Gasteiger partial charge in [0.25, 0.3) is 0 Å². The molecule has 0 amide bonds. The van der Waals surface area contributed by atoms with Gasteiger partial charge in [0.15, 0.2) is 0 Å². The van der Waals surface area contributed by atoms with E-state index in [1.807, 2.05) is 6.92 Å². The molecule has 0 aliphatic heterocycles. The second kappa shape index (κ2) is 2.66. The second-order valence-electron chi connectivity index (χ2n) is 0.875. The van der Waals surface area contributed by atoms with Crippen molar-refractivity contribution < 1.29 is 0 Å². The first kappa shape index (κ1) is 5.44. The summed E-state index contributed by atoms with van der Waals surface area (Å²) < 4.78 is 1.25. The third-order valence-corrected chi connectivity index (χ3v) is 2.57. The molecule has 30 valence electrons. The molecule has 5 heavy (non-hydrogen) atoms. The maximum atomic E-state index is 3.27. The lowest BCUT2D eigenvalue weighted by atomic mass is 10.8. The fourth-order valence-corrected chi connectivity index (χ4v) is 0. The molecule has 0 heterocycles. The van der Waals surface area contributed by atoms with Crippen LogP contribution in [0.2, 0.25) is 0 Å². The molecule has 0 rings (SSSR count). The van der Waals surface area contributed by atoms with Gasteiger partial charge in [-0.25, -0.2) is 0 Å². The third-order valence-electron chi connectivity index (χ3n) is 0.398. The van der Waals surface area contributed by atoms with Gasteiger partial charge in [0.05, 0.1) is 0 Å². The molecule has 0 spiro atoms. The summed E-state index contributed by atoms with van der Waals surface area (Å²) in [5.41, 5.74) is 2.14. The van der Waals surface area contributed by atoms with Gasteiger partial charge in [0.1, 0.15) is 0 Å². The zero-order valence-electron chi connectivity index (χ0n) is 3.46. The van der Waals surface area contributed by atoms with Gasteiger partial charge in [-0.1, -0.05) is 21.6 Å². The van der Waals surface area contributed by atoms with Gasteiger partial charge >= 0.3 is 0 Å². The predicted octanol–water partition coefficient (Wildman–Crippen LogP) is 0.608. The summed E-state index contributed by atoms with van der Waals surface area (Å²) in [6, 6.07) is 0. The van der Waals surface area contributed by atoms with E-state index in [-0.39, 0.29) is 0 Å². The molecule has 0 radical (unpaired) electrons. The van der Waals surface area contributed by atoms with Gasteiger partial charge in [-0.3, -0.25) is 0 Å². The minimum atomic E-state index is 1.16. The molecule has 2 heteroatoms. The van der Waals surface area contributed by atoms with E-state index in [1.165, 1.54) is 4.48 Å². The fraction of sp³-hybridized carbons (Fsp3) is 0.333. The van der Waals surface area contributed by atoms with Crippen LogP contribution in [0, 0.1) is 0 Å². The molecule has 0 aliphatic rings. The summed E-state index contributed by atoms with van der Waals surface area (Å²) in [7, 11) is 1.16. The molecule has 0 aliphatic carbocycles. The van der Waals surface area contributed by atoms with Crippen LogP contribution in [-0.4, -0.2) is 10.2 Å². The van der Waals surface area contributed by atoms with Crippen molar-refractivity contribution >= 4 is 26.2 Å². The Bertz CT molecular complexity index is 44.9. The van der Waals surface area contributed by atoms with E-state index >= 15 is 0 Å². The van der Waals surface area contributed by atoms with Gasteiger partial charge in [0, 0.05) is 10.2 Å². The van der Waals surface area contributed by atoms with E-state index in [4.69, 9.17) is 0 Å². The van der Waals surface area contributed by atoms with Crippen LogP contribution < -0.4 is 0 Å². The van der Waals surface area contributed by atoms with Crippen LogP contribution in [0.3, 0.4) is 0 Å². The lowest BCUT2D eigenvalue weighted by Gasteiger charge is -1.70. The molecule has 0 saturated carbocycles. The Morgan fingerprint density at radius 2 is 2.20 bits per heavy atom. The van der Waals surface area contributed by atoms with Gasteiger partial charge < -0.3 is 0 Å². The van der Waals surface area contributed by atoms with Gasteiger partial charge in [-0.15, -0.1) is 0 Å². The molecule has 0 aromatic rings. The highest BCUT2D eigenvalue weighted by Crippen LogP contribution is 1.96. The SMILES string of the molecule is CC(Br)=C[SiH3]. The molecule has 0 atom stereocenters. The van der Waals surface area contributed by atoms with Crippen molar-refractivity contribution in [2.45, 2.75) is 6.92 Å². The minimum Gasteiger partial charge on any atom is -0.0957 e. The largest absolute Gasteiger partial charge is 0.0957 e. The van der Waals surface area contributed by atoms with Crippen molar-refractivity contribution in [2.75, 3.05) is 0 Å². The summed E-state index contributed by atoms with van der Waals surface area (Å²) in [5, 5.41) is 0. The van der Waals surface area contributed by atoms with Crippen LogP contribution in [0.5, 0.6) is 0 Å². The quantitative estimate of drug-likeness (QED) is 0.445. The molecule has 0 fully saturated rings. The van der Waals surface area contributed by atoms with Crippen molar-refractivity contribution in [1.82, 2.24) is 0 Å². The minimum absolute atomic E-state index is 1.16. The zero-order valence-corrected chi connectivity index (χ0v) is 7.04. The van der Waals surface area contributed by atoms with E-state index in [0.717, 1.165) is 10.2 Å². The Kier molecular flexibility index (Phi) is 2.89. The average Bonchev–Trinajstić information content (AvgIpc) is 1.38. The van der Waals surface area contributed by atoms with Crippen molar-refractivity contribution in [3.05, 3.63) is 10.2 Å². The van der Waals surface area contributed by atoms with Crippen LogP contribution >= 0.6 is 15.9 Å². The number of hydrogen-bond donors (Lipinski definition) is 0. The van der Waals surface area contributed by atoms with Crippen LogP contribution in [0.15, 0.2) is 10.2 Å². The number of rotatable bonds is 0. The Hall–Kier alpha value is 0.437. The summed E-state index contributed by atoms with van der Waals surface area (Å²) in [5.74, 6) is 0. The van der Waals surface area contributed by atoms with Gasteiger partial charge in [0.2, 0.25) is 0 Å². The summed E-state index contributed by atoms with van der Waals surface area (Å²) in [6.07, 6.45) is 0. The Morgan fingerprint density at radius 3 is 2.20 bits per heavy atom. The van der Waals surface area contributed by atoms with Crippen LogP contribution in [0.25, 0.3) is 0 Å². The van der Waals surface area contributed by atoms with Gasteiger partial charge in [-0.2, -0.15) is 0 Å². The third kappa shape index (κ3) is 4.44. The van der Waals surface area contributed by atoms with E-state index in [2.05, 4.69) is 21.6 Å². The molecule has 0 saturated heterocycles. The molecule has 0 nitrogen and oxygen atoms in total. The topological polar surface area (TPSA) is 0 Å². The highest BCUT2D eigenvalue weighted by Gasteiger charge is 1.63. The first-order valence-electron chi connectivity index (χ1n) is 1.56. The number of hydrogen-bond acceptors (Lipinski definition) is 0.